The van der Waals surface area contributed by atoms with Gasteiger partial charge in [0.1, 0.15) is 5.75 Å². The number of anilines is 3. The zero-order valence-electron chi connectivity index (χ0n) is 16.4. The number of benzene rings is 2. The Labute approximate surface area is 192 Å². The molecular formula is C20H17ClN4O3S3. The largest absolute Gasteiger partial charge is 0.495 e. The highest BCUT2D eigenvalue weighted by Crippen LogP contribution is 2.37. The standard InChI is InChI=1S/C20H17ClN4O3S3/c1-12-18(30-20(22-12)25-31(26,27)14-6-4-3-5-7-14)16-11-29-19(24-16)23-15-10-13(21)8-9-17(15)28-2/h3-11H,1-2H3,(H,22,25)(H,23,24). The number of ether oxygens (including phenoxy) is 1. The number of sulfonamides is 1. The van der Waals surface area contributed by atoms with E-state index in [0.29, 0.717) is 33.0 Å². The second-order valence-corrected chi connectivity index (χ2v) is 10.3. The van der Waals surface area contributed by atoms with Gasteiger partial charge in [-0.15, -0.1) is 11.3 Å². The molecule has 4 aromatic rings. The molecule has 7 nitrogen and oxygen atoms in total. The van der Waals surface area contributed by atoms with Crippen LogP contribution in [0.4, 0.5) is 16.0 Å². The van der Waals surface area contributed by atoms with Gasteiger partial charge in [-0.05, 0) is 37.3 Å². The average Bonchev–Trinajstić information content (AvgIpc) is 3.34. The summed E-state index contributed by atoms with van der Waals surface area (Å²) in [5, 5.41) is 6.61. The van der Waals surface area contributed by atoms with Gasteiger partial charge in [0.05, 0.1) is 34.0 Å². The topological polar surface area (TPSA) is 93.2 Å². The Morgan fingerprint density at radius 1 is 1.06 bits per heavy atom. The van der Waals surface area contributed by atoms with E-state index in [2.05, 4.69) is 20.0 Å². The summed E-state index contributed by atoms with van der Waals surface area (Å²) in [6, 6.07) is 13.5. The number of rotatable bonds is 7. The fraction of sp³-hybridized carbons (Fsp3) is 0.100. The third kappa shape index (κ3) is 4.82. The zero-order valence-corrected chi connectivity index (χ0v) is 19.6. The van der Waals surface area contributed by atoms with Crippen molar-refractivity contribution in [2.45, 2.75) is 11.8 Å². The predicted molar refractivity (Wildman–Crippen MR) is 126 cm³/mol. The molecule has 2 aromatic heterocycles. The molecule has 2 N–H and O–H groups in total. The van der Waals surface area contributed by atoms with Gasteiger partial charge >= 0.3 is 0 Å². The number of aryl methyl sites for hydroxylation is 1. The highest BCUT2D eigenvalue weighted by atomic mass is 35.5. The van der Waals surface area contributed by atoms with Crippen molar-refractivity contribution in [3.8, 4) is 16.3 Å². The Balaban J connectivity index is 1.56. The quantitative estimate of drug-likeness (QED) is 0.339. The molecule has 11 heteroatoms. The summed E-state index contributed by atoms with van der Waals surface area (Å²) >= 11 is 8.73. The van der Waals surface area contributed by atoms with Gasteiger partial charge in [0.25, 0.3) is 10.0 Å². The van der Waals surface area contributed by atoms with Crippen molar-refractivity contribution in [1.82, 2.24) is 9.97 Å². The number of hydrogen-bond donors (Lipinski definition) is 2. The van der Waals surface area contributed by atoms with Crippen LogP contribution in [0, 0.1) is 6.92 Å². The molecule has 2 aromatic carbocycles. The maximum Gasteiger partial charge on any atom is 0.263 e. The molecule has 0 unspecified atom stereocenters. The summed E-state index contributed by atoms with van der Waals surface area (Å²) in [7, 11) is -2.12. The first-order chi connectivity index (χ1) is 14.9. The smallest absolute Gasteiger partial charge is 0.263 e. The fourth-order valence-electron chi connectivity index (χ4n) is 2.78. The van der Waals surface area contributed by atoms with Crippen LogP contribution >= 0.6 is 34.3 Å². The van der Waals surface area contributed by atoms with Crippen LogP contribution in [0.5, 0.6) is 5.75 Å². The fourth-order valence-corrected chi connectivity index (χ4v) is 5.92. The van der Waals surface area contributed by atoms with Crippen LogP contribution in [0.25, 0.3) is 10.6 Å². The molecule has 0 aliphatic heterocycles. The van der Waals surface area contributed by atoms with Crippen molar-refractivity contribution in [3.05, 3.63) is 64.6 Å². The molecule has 0 saturated heterocycles. The molecule has 0 saturated carbocycles. The Morgan fingerprint density at radius 3 is 2.58 bits per heavy atom. The lowest BCUT2D eigenvalue weighted by Gasteiger charge is -2.09. The van der Waals surface area contributed by atoms with Crippen LogP contribution in [-0.4, -0.2) is 25.5 Å². The van der Waals surface area contributed by atoms with Crippen LogP contribution in [-0.2, 0) is 10.0 Å². The van der Waals surface area contributed by atoms with E-state index in [0.717, 1.165) is 4.88 Å². The number of aromatic nitrogens is 2. The summed E-state index contributed by atoms with van der Waals surface area (Å²) in [5.74, 6) is 0.646. The number of thiazole rings is 2. The molecule has 0 fully saturated rings. The van der Waals surface area contributed by atoms with Crippen molar-refractivity contribution in [2.75, 3.05) is 17.1 Å². The molecule has 0 aliphatic rings. The van der Waals surface area contributed by atoms with Gasteiger partial charge in [-0.1, -0.05) is 41.1 Å². The maximum absolute atomic E-state index is 12.6. The molecule has 0 atom stereocenters. The molecule has 2 heterocycles. The van der Waals surface area contributed by atoms with Gasteiger partial charge < -0.3 is 10.1 Å². The molecule has 0 spiro atoms. The Bertz CT molecular complexity index is 1320. The van der Waals surface area contributed by atoms with E-state index in [-0.39, 0.29) is 10.0 Å². The lowest BCUT2D eigenvalue weighted by atomic mass is 10.3. The summed E-state index contributed by atoms with van der Waals surface area (Å²) in [6.45, 7) is 1.82. The predicted octanol–water partition coefficient (Wildman–Crippen LogP) is 5.78. The van der Waals surface area contributed by atoms with Gasteiger partial charge in [-0.25, -0.2) is 18.4 Å². The summed E-state index contributed by atoms with van der Waals surface area (Å²) in [4.78, 5) is 9.94. The van der Waals surface area contributed by atoms with Crippen molar-refractivity contribution >= 4 is 60.2 Å². The number of halogens is 1. The van der Waals surface area contributed by atoms with E-state index in [4.69, 9.17) is 16.3 Å². The normalized spacial score (nSPS) is 11.3. The van der Waals surface area contributed by atoms with Crippen molar-refractivity contribution < 1.29 is 13.2 Å². The van der Waals surface area contributed by atoms with Crippen LogP contribution in [0.1, 0.15) is 5.69 Å². The van der Waals surface area contributed by atoms with Gasteiger partial charge in [0, 0.05) is 10.4 Å². The first kappa shape index (κ1) is 21.6. The molecule has 0 amide bonds. The molecular weight excluding hydrogens is 476 g/mol. The minimum absolute atomic E-state index is 0.181. The third-order valence-electron chi connectivity index (χ3n) is 4.21. The van der Waals surface area contributed by atoms with E-state index >= 15 is 0 Å². The molecule has 0 aliphatic carbocycles. The van der Waals surface area contributed by atoms with Gasteiger partial charge in [-0.3, -0.25) is 4.72 Å². The van der Waals surface area contributed by atoms with Crippen LogP contribution in [0.3, 0.4) is 0 Å². The van der Waals surface area contributed by atoms with E-state index in [9.17, 15) is 8.42 Å². The molecule has 31 heavy (non-hydrogen) atoms. The Hall–Kier alpha value is -2.66. The lowest BCUT2D eigenvalue weighted by molar-refractivity contribution is 0.417. The van der Waals surface area contributed by atoms with E-state index in [1.807, 2.05) is 12.3 Å². The molecule has 0 bridgehead atoms. The van der Waals surface area contributed by atoms with Crippen LogP contribution in [0.2, 0.25) is 5.02 Å². The summed E-state index contributed by atoms with van der Waals surface area (Å²) in [6.07, 6.45) is 0. The van der Waals surface area contributed by atoms with Gasteiger partial charge in [0.15, 0.2) is 10.3 Å². The highest BCUT2D eigenvalue weighted by molar-refractivity contribution is 7.93. The minimum Gasteiger partial charge on any atom is -0.495 e. The second-order valence-electron chi connectivity index (χ2n) is 6.36. The van der Waals surface area contributed by atoms with Gasteiger partial charge in [0.2, 0.25) is 0 Å². The zero-order chi connectivity index (χ0) is 22.0. The van der Waals surface area contributed by atoms with Crippen LogP contribution in [0.15, 0.2) is 58.8 Å². The SMILES string of the molecule is COc1ccc(Cl)cc1Nc1nc(-c2sc(NS(=O)(=O)c3ccccc3)nc2C)cs1. The van der Waals surface area contributed by atoms with Crippen LogP contribution < -0.4 is 14.8 Å². The monoisotopic (exact) mass is 492 g/mol. The first-order valence-corrected chi connectivity index (χ1v) is 12.5. The molecule has 0 radical (unpaired) electrons. The second kappa shape index (κ2) is 8.83. The number of hydrogen-bond acceptors (Lipinski definition) is 8. The average molecular weight is 493 g/mol. The van der Waals surface area contributed by atoms with E-state index < -0.39 is 10.0 Å². The minimum atomic E-state index is -3.70. The Morgan fingerprint density at radius 2 is 1.84 bits per heavy atom. The van der Waals surface area contributed by atoms with Crippen molar-refractivity contribution in [3.63, 3.8) is 0 Å². The Kier molecular flexibility index (Phi) is 6.15. The van der Waals surface area contributed by atoms with E-state index in [1.54, 1.807) is 43.5 Å². The number of nitrogens with one attached hydrogen (secondary N) is 2. The maximum atomic E-state index is 12.6. The summed E-state index contributed by atoms with van der Waals surface area (Å²) in [5.41, 5.74) is 2.09. The first-order valence-electron chi connectivity index (χ1n) is 8.97. The third-order valence-corrected chi connectivity index (χ3v) is 7.78. The summed E-state index contributed by atoms with van der Waals surface area (Å²) < 4.78 is 33.0. The number of nitrogens with zero attached hydrogens (tertiary/aromatic N) is 2. The molecule has 4 rings (SSSR count). The van der Waals surface area contributed by atoms with Crippen molar-refractivity contribution in [2.24, 2.45) is 0 Å². The molecule has 160 valence electrons. The lowest BCUT2D eigenvalue weighted by Crippen LogP contribution is -2.12. The van der Waals surface area contributed by atoms with Gasteiger partial charge in [-0.2, -0.15) is 0 Å². The highest BCUT2D eigenvalue weighted by Gasteiger charge is 2.19. The van der Waals surface area contributed by atoms with E-state index in [1.165, 1.54) is 34.8 Å². The number of methoxy groups -OCH3 is 1. The van der Waals surface area contributed by atoms with Crippen molar-refractivity contribution in [1.29, 1.82) is 0 Å².